The number of nitriles is 1. The number of ether oxygens (including phenoxy) is 2. The quantitative estimate of drug-likeness (QED) is 0.236. The van der Waals surface area contributed by atoms with Crippen molar-refractivity contribution in [2.24, 2.45) is 0 Å². The molecule has 0 bridgehead atoms. The van der Waals surface area contributed by atoms with Crippen LogP contribution < -0.4 is 9.47 Å². The lowest BCUT2D eigenvalue weighted by Crippen LogP contribution is -2.02. The van der Waals surface area contributed by atoms with Gasteiger partial charge in [-0.1, -0.05) is 36.2 Å². The summed E-state index contributed by atoms with van der Waals surface area (Å²) in [7, 11) is 0. The van der Waals surface area contributed by atoms with E-state index in [1.54, 1.807) is 24.3 Å². The van der Waals surface area contributed by atoms with Crippen LogP contribution in [0, 0.1) is 14.9 Å². The summed E-state index contributed by atoms with van der Waals surface area (Å²) in [6.07, 6.45) is 2.69. The highest BCUT2D eigenvalue weighted by Gasteiger charge is 2.13. The van der Waals surface area contributed by atoms with E-state index in [4.69, 9.17) is 32.7 Å². The summed E-state index contributed by atoms with van der Waals surface area (Å²) in [6.45, 7) is 5.13. The monoisotopic (exact) mass is 501 g/mol. The third-order valence-electron chi connectivity index (χ3n) is 3.43. The predicted octanol–water partition coefficient (Wildman–Crippen LogP) is 6.85. The van der Waals surface area contributed by atoms with Crippen molar-refractivity contribution in [1.29, 1.82) is 5.26 Å². The van der Waals surface area contributed by atoms with Crippen LogP contribution in [0.5, 0.6) is 11.5 Å². The lowest BCUT2D eigenvalue weighted by molar-refractivity contribution is 0.275. The number of halogens is 3. The van der Waals surface area contributed by atoms with Crippen LogP contribution in [0.1, 0.15) is 31.4 Å². The van der Waals surface area contributed by atoms with E-state index in [0.717, 1.165) is 21.3 Å². The summed E-state index contributed by atoms with van der Waals surface area (Å²) in [5.41, 5.74) is 1.93. The minimum absolute atomic E-state index is 0.438. The Morgan fingerprint density at radius 2 is 1.96 bits per heavy atom. The van der Waals surface area contributed by atoms with Crippen LogP contribution in [0.15, 0.2) is 30.3 Å². The number of hydrogen-bond acceptors (Lipinski definition) is 3. The summed E-state index contributed by atoms with van der Waals surface area (Å²) in [5.74, 6) is 1.40. The zero-order valence-corrected chi connectivity index (χ0v) is 18.2. The van der Waals surface area contributed by atoms with Gasteiger partial charge in [-0.25, -0.2) is 0 Å². The van der Waals surface area contributed by atoms with Gasteiger partial charge in [0, 0.05) is 10.6 Å². The van der Waals surface area contributed by atoms with E-state index in [1.807, 2.05) is 19.1 Å². The zero-order valence-electron chi connectivity index (χ0n) is 14.5. The average molecular weight is 502 g/mol. The van der Waals surface area contributed by atoms with Gasteiger partial charge in [0.15, 0.2) is 11.5 Å². The molecule has 2 aromatic rings. The molecule has 0 aliphatic rings. The first-order valence-electron chi connectivity index (χ1n) is 8.16. The van der Waals surface area contributed by atoms with Crippen LogP contribution >= 0.6 is 45.8 Å². The maximum Gasteiger partial charge on any atom is 0.174 e. The first kappa shape index (κ1) is 20.9. The van der Waals surface area contributed by atoms with Gasteiger partial charge in [0.25, 0.3) is 0 Å². The van der Waals surface area contributed by atoms with Crippen LogP contribution in [0.3, 0.4) is 0 Å². The average Bonchev–Trinajstić information content (AvgIpc) is 2.60. The van der Waals surface area contributed by atoms with Gasteiger partial charge in [-0.2, -0.15) is 5.26 Å². The fraction of sp³-hybridized carbons (Fsp3) is 0.250. The predicted molar refractivity (Wildman–Crippen MR) is 116 cm³/mol. The van der Waals surface area contributed by atoms with E-state index in [2.05, 4.69) is 35.6 Å². The fourth-order valence-corrected chi connectivity index (χ4v) is 3.61. The van der Waals surface area contributed by atoms with E-state index in [1.165, 1.54) is 0 Å². The van der Waals surface area contributed by atoms with Crippen molar-refractivity contribution < 1.29 is 9.47 Å². The van der Waals surface area contributed by atoms with E-state index in [9.17, 15) is 5.26 Å². The van der Waals surface area contributed by atoms with Gasteiger partial charge in [-0.15, -0.1) is 0 Å². The Labute approximate surface area is 177 Å². The molecule has 3 nitrogen and oxygen atoms in total. The molecule has 26 heavy (non-hydrogen) atoms. The Morgan fingerprint density at radius 1 is 1.19 bits per heavy atom. The lowest BCUT2D eigenvalue weighted by Gasteiger charge is -2.14. The van der Waals surface area contributed by atoms with Gasteiger partial charge in [0.1, 0.15) is 0 Å². The fourth-order valence-electron chi connectivity index (χ4n) is 2.32. The molecule has 0 aliphatic heterocycles. The Morgan fingerprint density at radius 3 is 2.58 bits per heavy atom. The molecule has 0 spiro atoms. The molecule has 0 fully saturated rings. The molecule has 0 saturated heterocycles. The van der Waals surface area contributed by atoms with Crippen LogP contribution in [0.4, 0.5) is 0 Å². The van der Waals surface area contributed by atoms with E-state index < -0.39 is 0 Å². The summed E-state index contributed by atoms with van der Waals surface area (Å²) in [5, 5.41) is 10.5. The molecule has 0 atom stereocenters. The van der Waals surface area contributed by atoms with Gasteiger partial charge in [0.05, 0.1) is 33.4 Å². The Balaban J connectivity index is 2.49. The number of nitrogens with zero attached hydrogens (tertiary/aromatic N) is 1. The van der Waals surface area contributed by atoms with Gasteiger partial charge >= 0.3 is 0 Å². The molecule has 2 rings (SSSR count). The molecule has 0 radical (unpaired) electrons. The number of rotatable bonds is 7. The van der Waals surface area contributed by atoms with Gasteiger partial charge < -0.3 is 9.47 Å². The minimum atomic E-state index is 0.438. The molecular formula is C20H18Cl2INO2. The maximum atomic E-state index is 9.58. The molecule has 0 N–H and O–H groups in total. The number of allylic oxidation sites excluding steroid dienone is 1. The zero-order chi connectivity index (χ0) is 19.1. The third kappa shape index (κ3) is 5.29. The normalized spacial score (nSPS) is 11.2. The summed E-state index contributed by atoms with van der Waals surface area (Å²) in [4.78, 5) is 0. The van der Waals surface area contributed by atoms with Crippen molar-refractivity contribution in [2.75, 3.05) is 13.2 Å². The van der Waals surface area contributed by atoms with Crippen LogP contribution in [0.25, 0.3) is 11.6 Å². The molecule has 0 amide bonds. The first-order valence-corrected chi connectivity index (χ1v) is 10.00. The largest absolute Gasteiger partial charge is 0.490 e. The SMILES string of the molecule is CCCOc1c(I)cc(/C=C(\C#N)c2ccc(Cl)cc2Cl)cc1OCC. The first-order chi connectivity index (χ1) is 12.5. The van der Waals surface area contributed by atoms with Crippen molar-refractivity contribution in [3.8, 4) is 17.6 Å². The Hall–Kier alpha value is -1.42. The standard InChI is InChI=1S/C20H18Cl2INO2/c1-3-7-26-20-18(23)9-13(10-19(20)25-4-2)8-14(12-24)16-6-5-15(21)11-17(16)22/h5-6,8-11H,3-4,7H2,1-2H3/b14-8+. The van der Waals surface area contributed by atoms with Crippen molar-refractivity contribution in [3.05, 3.63) is 55.1 Å². The molecule has 0 aliphatic carbocycles. The Bertz CT molecular complexity index is 860. The molecule has 136 valence electrons. The van der Waals surface area contributed by atoms with Crippen molar-refractivity contribution in [3.63, 3.8) is 0 Å². The van der Waals surface area contributed by atoms with E-state index in [0.29, 0.717) is 40.1 Å². The summed E-state index contributed by atoms with van der Waals surface area (Å²) < 4.78 is 12.5. The molecule has 0 saturated carbocycles. The molecule has 2 aromatic carbocycles. The molecule has 6 heteroatoms. The highest BCUT2D eigenvalue weighted by molar-refractivity contribution is 14.1. The van der Waals surface area contributed by atoms with E-state index >= 15 is 0 Å². The van der Waals surface area contributed by atoms with Crippen molar-refractivity contribution in [2.45, 2.75) is 20.3 Å². The second-order valence-corrected chi connectivity index (χ2v) is 7.41. The number of benzene rings is 2. The maximum absolute atomic E-state index is 9.58. The molecular weight excluding hydrogens is 484 g/mol. The molecule has 0 unspecified atom stereocenters. The van der Waals surface area contributed by atoms with Gasteiger partial charge in [-0.05, 0) is 71.8 Å². The molecule has 0 heterocycles. The van der Waals surface area contributed by atoms with Crippen LogP contribution in [0.2, 0.25) is 10.0 Å². The number of hydrogen-bond donors (Lipinski definition) is 0. The summed E-state index contributed by atoms with van der Waals surface area (Å²) in [6, 6.07) is 11.1. The Kier molecular flexibility index (Phi) is 8.08. The highest BCUT2D eigenvalue weighted by Crippen LogP contribution is 2.36. The van der Waals surface area contributed by atoms with Gasteiger partial charge in [-0.3, -0.25) is 0 Å². The van der Waals surface area contributed by atoms with Crippen LogP contribution in [-0.4, -0.2) is 13.2 Å². The van der Waals surface area contributed by atoms with Crippen molar-refractivity contribution >= 4 is 57.4 Å². The highest BCUT2D eigenvalue weighted by atomic mass is 127. The molecule has 0 aromatic heterocycles. The van der Waals surface area contributed by atoms with E-state index in [-0.39, 0.29) is 0 Å². The van der Waals surface area contributed by atoms with Gasteiger partial charge in [0.2, 0.25) is 0 Å². The van der Waals surface area contributed by atoms with Crippen molar-refractivity contribution in [1.82, 2.24) is 0 Å². The topological polar surface area (TPSA) is 42.2 Å². The summed E-state index contributed by atoms with van der Waals surface area (Å²) >= 11 is 14.4. The third-order valence-corrected chi connectivity index (χ3v) is 4.78. The second kappa shape index (κ2) is 10.1. The lowest BCUT2D eigenvalue weighted by atomic mass is 10.0. The van der Waals surface area contributed by atoms with Crippen LogP contribution in [-0.2, 0) is 0 Å². The smallest absolute Gasteiger partial charge is 0.174 e. The second-order valence-electron chi connectivity index (χ2n) is 5.41. The minimum Gasteiger partial charge on any atom is -0.490 e.